The van der Waals surface area contributed by atoms with Gasteiger partial charge in [0.25, 0.3) is 0 Å². The maximum absolute atomic E-state index is 11.7. The van der Waals surface area contributed by atoms with E-state index in [2.05, 4.69) is 15.6 Å². The summed E-state index contributed by atoms with van der Waals surface area (Å²) in [5.41, 5.74) is 8.73. The fourth-order valence-corrected chi connectivity index (χ4v) is 2.40. The molecule has 0 saturated carbocycles. The van der Waals surface area contributed by atoms with Crippen molar-refractivity contribution in [2.45, 2.75) is 26.9 Å². The molecule has 29 heavy (non-hydrogen) atoms. The van der Waals surface area contributed by atoms with Crippen LogP contribution < -0.4 is 25.8 Å². The largest absolute Gasteiger partial charge is 0.493 e. The number of benzene rings is 2. The molecule has 0 heterocycles. The lowest BCUT2D eigenvalue weighted by atomic mass is 10.1. The molecule has 0 aliphatic heterocycles. The van der Waals surface area contributed by atoms with Crippen molar-refractivity contribution in [3.63, 3.8) is 0 Å². The summed E-state index contributed by atoms with van der Waals surface area (Å²) in [5.74, 6) is 1.63. The SMILES string of the molecule is COc1ccc(CN=C(N)NCc2ccc(NC(=O)C(C)C)cc2)cc1OC.I. The van der Waals surface area contributed by atoms with Crippen LogP contribution in [0, 0.1) is 5.92 Å². The summed E-state index contributed by atoms with van der Waals surface area (Å²) < 4.78 is 10.5. The number of nitrogens with one attached hydrogen (secondary N) is 2. The molecule has 158 valence electrons. The lowest BCUT2D eigenvalue weighted by Gasteiger charge is -2.10. The first-order chi connectivity index (χ1) is 13.4. The van der Waals surface area contributed by atoms with Crippen molar-refractivity contribution in [3.05, 3.63) is 53.6 Å². The fraction of sp³-hybridized carbons (Fsp3) is 0.333. The molecule has 0 aliphatic carbocycles. The molecule has 0 fully saturated rings. The Labute approximate surface area is 189 Å². The second-order valence-electron chi connectivity index (χ2n) is 6.59. The number of nitrogens with two attached hydrogens (primary N) is 1. The van der Waals surface area contributed by atoms with Gasteiger partial charge in [0, 0.05) is 18.2 Å². The van der Waals surface area contributed by atoms with Gasteiger partial charge in [0.15, 0.2) is 17.5 Å². The van der Waals surface area contributed by atoms with Crippen molar-refractivity contribution in [2.24, 2.45) is 16.6 Å². The Morgan fingerprint density at radius 3 is 2.24 bits per heavy atom. The zero-order chi connectivity index (χ0) is 20.5. The van der Waals surface area contributed by atoms with Gasteiger partial charge in [0.2, 0.25) is 5.91 Å². The number of hydrogen-bond donors (Lipinski definition) is 3. The maximum Gasteiger partial charge on any atom is 0.226 e. The van der Waals surface area contributed by atoms with E-state index in [4.69, 9.17) is 15.2 Å². The number of amides is 1. The van der Waals surface area contributed by atoms with Crippen molar-refractivity contribution in [2.75, 3.05) is 19.5 Å². The molecule has 2 rings (SSSR count). The van der Waals surface area contributed by atoms with E-state index in [9.17, 15) is 4.79 Å². The van der Waals surface area contributed by atoms with Crippen LogP contribution in [0.3, 0.4) is 0 Å². The highest BCUT2D eigenvalue weighted by molar-refractivity contribution is 14.0. The average molecular weight is 512 g/mol. The van der Waals surface area contributed by atoms with Crippen molar-refractivity contribution in [3.8, 4) is 11.5 Å². The summed E-state index contributed by atoms with van der Waals surface area (Å²) >= 11 is 0. The molecule has 0 bridgehead atoms. The van der Waals surface area contributed by atoms with E-state index < -0.39 is 0 Å². The highest BCUT2D eigenvalue weighted by Gasteiger charge is 2.07. The summed E-state index contributed by atoms with van der Waals surface area (Å²) in [4.78, 5) is 16.1. The van der Waals surface area contributed by atoms with E-state index in [1.54, 1.807) is 14.2 Å². The van der Waals surface area contributed by atoms with Crippen molar-refractivity contribution in [1.29, 1.82) is 0 Å². The van der Waals surface area contributed by atoms with Crippen molar-refractivity contribution in [1.82, 2.24) is 5.32 Å². The van der Waals surface area contributed by atoms with Crippen molar-refractivity contribution < 1.29 is 14.3 Å². The molecule has 0 atom stereocenters. The Kier molecular flexibility index (Phi) is 10.3. The quantitative estimate of drug-likeness (QED) is 0.286. The standard InChI is InChI=1S/C21H28N4O3.HI/c1-14(2)20(26)25-17-8-5-15(6-9-17)12-23-21(22)24-13-16-7-10-18(27-3)19(11-16)28-4;/h5-11,14H,12-13H2,1-4H3,(H,25,26)(H3,22,23,24);1H. The Morgan fingerprint density at radius 1 is 1.03 bits per heavy atom. The molecule has 0 aliphatic rings. The predicted octanol–water partition coefficient (Wildman–Crippen LogP) is 3.52. The number of nitrogens with zero attached hydrogens (tertiary/aromatic N) is 1. The minimum atomic E-state index is -0.0528. The molecule has 0 saturated heterocycles. The summed E-state index contributed by atoms with van der Waals surface area (Å²) in [6, 6.07) is 13.2. The molecule has 1 amide bonds. The summed E-state index contributed by atoms with van der Waals surface area (Å²) in [6.07, 6.45) is 0. The van der Waals surface area contributed by atoms with Gasteiger partial charge in [-0.3, -0.25) is 4.79 Å². The number of halogens is 1. The highest BCUT2D eigenvalue weighted by atomic mass is 127. The molecule has 7 nitrogen and oxygen atoms in total. The topological polar surface area (TPSA) is 98.0 Å². The normalized spacial score (nSPS) is 10.9. The van der Waals surface area contributed by atoms with Crippen molar-refractivity contribution >= 4 is 41.5 Å². The van der Waals surface area contributed by atoms with Crippen LogP contribution in [-0.2, 0) is 17.9 Å². The van der Waals surface area contributed by atoms with Crippen LogP contribution in [0.5, 0.6) is 11.5 Å². The number of methoxy groups -OCH3 is 2. The van der Waals surface area contributed by atoms with E-state index >= 15 is 0 Å². The van der Waals surface area contributed by atoms with Gasteiger partial charge in [0.1, 0.15) is 0 Å². The number of rotatable bonds is 8. The maximum atomic E-state index is 11.7. The first kappa shape index (κ1) is 24.5. The smallest absolute Gasteiger partial charge is 0.226 e. The predicted molar refractivity (Wildman–Crippen MR) is 127 cm³/mol. The summed E-state index contributed by atoms with van der Waals surface area (Å²) in [5, 5.41) is 5.95. The molecular formula is C21H29IN4O3. The van der Waals surface area contributed by atoms with Crippen LogP contribution in [0.15, 0.2) is 47.5 Å². The van der Waals surface area contributed by atoms with Crippen LogP contribution in [0.4, 0.5) is 5.69 Å². The zero-order valence-electron chi connectivity index (χ0n) is 17.2. The molecule has 0 unspecified atom stereocenters. The third-order valence-electron chi connectivity index (χ3n) is 4.10. The van der Waals surface area contributed by atoms with E-state index in [0.717, 1.165) is 16.8 Å². The molecule has 8 heteroatoms. The molecule has 4 N–H and O–H groups in total. The average Bonchev–Trinajstić information content (AvgIpc) is 2.71. The highest BCUT2D eigenvalue weighted by Crippen LogP contribution is 2.27. The Morgan fingerprint density at radius 2 is 1.66 bits per heavy atom. The van der Waals surface area contributed by atoms with Crippen LogP contribution in [0.1, 0.15) is 25.0 Å². The van der Waals surface area contributed by atoms with Gasteiger partial charge >= 0.3 is 0 Å². The van der Waals surface area contributed by atoms with Gasteiger partial charge < -0.3 is 25.8 Å². The number of hydrogen-bond acceptors (Lipinski definition) is 4. The van der Waals surface area contributed by atoms with E-state index in [1.165, 1.54) is 0 Å². The molecule has 0 aromatic heterocycles. The molecule has 2 aromatic rings. The van der Waals surface area contributed by atoms with Crippen LogP contribution in [0.2, 0.25) is 0 Å². The Balaban J connectivity index is 0.00000420. The Hall–Kier alpha value is -2.49. The van der Waals surface area contributed by atoms with Crippen LogP contribution >= 0.6 is 24.0 Å². The Bertz CT molecular complexity index is 823. The number of carbonyl (C=O) groups excluding carboxylic acids is 1. The van der Waals surface area contributed by atoms with Gasteiger partial charge in [-0.1, -0.05) is 32.0 Å². The number of carbonyl (C=O) groups is 1. The minimum absolute atomic E-state index is 0. The van der Waals surface area contributed by atoms with Crippen LogP contribution in [0.25, 0.3) is 0 Å². The number of guanidine groups is 1. The molecule has 0 radical (unpaired) electrons. The first-order valence-electron chi connectivity index (χ1n) is 9.07. The third kappa shape index (κ3) is 7.80. The van der Waals surface area contributed by atoms with Gasteiger partial charge in [-0.15, -0.1) is 24.0 Å². The van der Waals surface area contributed by atoms with Crippen LogP contribution in [-0.4, -0.2) is 26.1 Å². The van der Waals surface area contributed by atoms with Gasteiger partial charge in [0.05, 0.1) is 20.8 Å². The van der Waals surface area contributed by atoms with Gasteiger partial charge in [-0.05, 0) is 35.4 Å². The van der Waals surface area contributed by atoms with Gasteiger partial charge in [-0.25, -0.2) is 4.99 Å². The zero-order valence-corrected chi connectivity index (χ0v) is 19.5. The lowest BCUT2D eigenvalue weighted by Crippen LogP contribution is -2.31. The monoisotopic (exact) mass is 512 g/mol. The lowest BCUT2D eigenvalue weighted by molar-refractivity contribution is -0.118. The number of aliphatic imine (C=N–C) groups is 1. The first-order valence-corrected chi connectivity index (χ1v) is 9.07. The second kappa shape index (κ2) is 12.2. The van der Waals surface area contributed by atoms with E-state index in [-0.39, 0.29) is 35.8 Å². The van der Waals surface area contributed by atoms with E-state index in [1.807, 2.05) is 56.3 Å². The minimum Gasteiger partial charge on any atom is -0.493 e. The third-order valence-corrected chi connectivity index (χ3v) is 4.10. The number of ether oxygens (including phenoxy) is 2. The molecule has 2 aromatic carbocycles. The second-order valence-corrected chi connectivity index (χ2v) is 6.59. The molecule has 0 spiro atoms. The summed E-state index contributed by atoms with van der Waals surface area (Å²) in [6.45, 7) is 4.69. The fourth-order valence-electron chi connectivity index (χ4n) is 2.40. The number of anilines is 1. The van der Waals surface area contributed by atoms with E-state index in [0.29, 0.717) is 30.5 Å². The van der Waals surface area contributed by atoms with Gasteiger partial charge in [-0.2, -0.15) is 0 Å². The molecular weight excluding hydrogens is 483 g/mol. The summed E-state index contributed by atoms with van der Waals surface area (Å²) in [7, 11) is 3.20.